The van der Waals surface area contributed by atoms with Crippen LogP contribution in [-0.2, 0) is 17.9 Å². The minimum Gasteiger partial charge on any atom is -0.343 e. The Morgan fingerprint density at radius 2 is 2.04 bits per heavy atom. The fourth-order valence-electron chi connectivity index (χ4n) is 2.04. The lowest BCUT2D eigenvalue weighted by Gasteiger charge is -2.13. The van der Waals surface area contributed by atoms with Gasteiger partial charge in [0.05, 0.1) is 22.6 Å². The summed E-state index contributed by atoms with van der Waals surface area (Å²) >= 11 is 3.31. The van der Waals surface area contributed by atoms with Gasteiger partial charge >= 0.3 is 0 Å². The second kappa shape index (κ2) is 7.40. The summed E-state index contributed by atoms with van der Waals surface area (Å²) in [6, 6.07) is 0. The molecule has 0 aliphatic carbocycles. The number of carbonyl (C=O) groups is 2. The zero-order valence-electron chi connectivity index (χ0n) is 13.3. The quantitative estimate of drug-likeness (QED) is 0.821. The number of aryl methyl sites for hydroxylation is 2. The molecule has 0 aliphatic heterocycles. The molecule has 0 bridgehead atoms. The van der Waals surface area contributed by atoms with Crippen molar-refractivity contribution in [2.24, 2.45) is 0 Å². The first-order chi connectivity index (χ1) is 10.9. The van der Waals surface area contributed by atoms with E-state index in [1.54, 1.807) is 35.9 Å². The maximum absolute atomic E-state index is 12.3. The summed E-state index contributed by atoms with van der Waals surface area (Å²) in [6.45, 7) is 2.89. The Morgan fingerprint density at radius 1 is 1.30 bits per heavy atom. The van der Waals surface area contributed by atoms with Crippen molar-refractivity contribution < 1.29 is 9.59 Å². The van der Waals surface area contributed by atoms with Gasteiger partial charge in [0.15, 0.2) is 0 Å². The van der Waals surface area contributed by atoms with E-state index >= 15 is 0 Å². The number of hydrogen-bond donors (Lipinski definition) is 1. The smallest absolute Gasteiger partial charge is 0.273 e. The lowest BCUT2D eigenvalue weighted by molar-refractivity contribution is -0.116. The first-order valence-corrected chi connectivity index (χ1v) is 7.97. The highest BCUT2D eigenvalue weighted by Crippen LogP contribution is 2.17. The van der Waals surface area contributed by atoms with E-state index in [0.29, 0.717) is 24.5 Å². The normalized spacial score (nSPS) is 10.6. The predicted octanol–water partition coefficient (Wildman–Crippen LogP) is 1.59. The van der Waals surface area contributed by atoms with Crippen molar-refractivity contribution in [1.29, 1.82) is 0 Å². The van der Waals surface area contributed by atoms with Crippen LogP contribution < -0.4 is 5.32 Å². The second-order valence-electron chi connectivity index (χ2n) is 5.14. The van der Waals surface area contributed by atoms with Crippen LogP contribution >= 0.6 is 15.9 Å². The van der Waals surface area contributed by atoms with Gasteiger partial charge in [-0.15, -0.1) is 0 Å². The fourth-order valence-corrected chi connectivity index (χ4v) is 2.37. The topological polar surface area (TPSA) is 85.0 Å². The molecule has 0 saturated carbocycles. The number of rotatable bonds is 6. The number of hydrogen-bond acceptors (Lipinski definition) is 4. The summed E-state index contributed by atoms with van der Waals surface area (Å²) in [5.41, 5.74) is 0.810. The SMILES string of the molecule is CCn1ncc(NC(=O)CCn2cc(Br)cn2)c1C(=O)N(C)C. The minimum absolute atomic E-state index is 0.194. The Balaban J connectivity index is 2.05. The molecule has 8 nitrogen and oxygen atoms in total. The molecular weight excluding hydrogens is 364 g/mol. The molecule has 2 rings (SSSR count). The van der Waals surface area contributed by atoms with Crippen LogP contribution in [0.25, 0.3) is 0 Å². The number of halogens is 1. The molecule has 2 aromatic rings. The van der Waals surface area contributed by atoms with Crippen molar-refractivity contribution in [2.75, 3.05) is 19.4 Å². The minimum atomic E-state index is -0.198. The molecule has 23 heavy (non-hydrogen) atoms. The van der Waals surface area contributed by atoms with Gasteiger partial charge < -0.3 is 10.2 Å². The van der Waals surface area contributed by atoms with Gasteiger partial charge in [-0.2, -0.15) is 10.2 Å². The molecule has 2 aromatic heterocycles. The molecule has 2 amide bonds. The van der Waals surface area contributed by atoms with Crippen molar-refractivity contribution in [3.8, 4) is 0 Å². The van der Waals surface area contributed by atoms with Gasteiger partial charge in [-0.3, -0.25) is 19.0 Å². The van der Waals surface area contributed by atoms with Gasteiger partial charge in [0.1, 0.15) is 5.69 Å². The van der Waals surface area contributed by atoms with Crippen LogP contribution in [0.15, 0.2) is 23.1 Å². The van der Waals surface area contributed by atoms with Gasteiger partial charge in [-0.25, -0.2) is 0 Å². The van der Waals surface area contributed by atoms with E-state index in [-0.39, 0.29) is 18.2 Å². The van der Waals surface area contributed by atoms with Gasteiger partial charge in [0.25, 0.3) is 5.91 Å². The lowest BCUT2D eigenvalue weighted by atomic mass is 10.3. The molecule has 0 radical (unpaired) electrons. The molecule has 2 heterocycles. The second-order valence-corrected chi connectivity index (χ2v) is 6.06. The summed E-state index contributed by atoms with van der Waals surface area (Å²) in [4.78, 5) is 25.8. The number of anilines is 1. The molecule has 124 valence electrons. The third-order valence-corrected chi connectivity index (χ3v) is 3.60. The van der Waals surface area contributed by atoms with Crippen molar-refractivity contribution in [2.45, 2.75) is 26.4 Å². The average molecular weight is 383 g/mol. The molecular formula is C14H19BrN6O2. The monoisotopic (exact) mass is 382 g/mol. The van der Waals surface area contributed by atoms with Gasteiger partial charge in [0, 0.05) is 39.8 Å². The molecule has 0 aromatic carbocycles. The molecule has 0 saturated heterocycles. The Hall–Kier alpha value is -2.16. The number of nitrogens with one attached hydrogen (secondary N) is 1. The summed E-state index contributed by atoms with van der Waals surface area (Å²) in [5.74, 6) is -0.393. The summed E-state index contributed by atoms with van der Waals surface area (Å²) in [7, 11) is 3.33. The van der Waals surface area contributed by atoms with Crippen LogP contribution in [0.3, 0.4) is 0 Å². The molecule has 0 aliphatic rings. The zero-order chi connectivity index (χ0) is 17.0. The number of amides is 2. The summed E-state index contributed by atoms with van der Waals surface area (Å²) in [5, 5.41) is 11.0. The van der Waals surface area contributed by atoms with Crippen molar-refractivity contribution in [1.82, 2.24) is 24.5 Å². The van der Waals surface area contributed by atoms with Crippen LogP contribution in [0.1, 0.15) is 23.8 Å². The van der Waals surface area contributed by atoms with Crippen molar-refractivity contribution >= 4 is 33.4 Å². The van der Waals surface area contributed by atoms with E-state index < -0.39 is 0 Å². The van der Waals surface area contributed by atoms with Gasteiger partial charge in [-0.1, -0.05) is 0 Å². The van der Waals surface area contributed by atoms with Crippen LogP contribution in [0.2, 0.25) is 0 Å². The van der Waals surface area contributed by atoms with Crippen LogP contribution in [-0.4, -0.2) is 50.4 Å². The Morgan fingerprint density at radius 3 is 2.61 bits per heavy atom. The zero-order valence-corrected chi connectivity index (χ0v) is 14.9. The maximum atomic E-state index is 12.3. The van der Waals surface area contributed by atoms with E-state index in [2.05, 4.69) is 31.4 Å². The van der Waals surface area contributed by atoms with Crippen LogP contribution in [0.5, 0.6) is 0 Å². The third-order valence-electron chi connectivity index (χ3n) is 3.19. The van der Waals surface area contributed by atoms with E-state index in [0.717, 1.165) is 4.47 Å². The molecule has 0 spiro atoms. The first kappa shape index (κ1) is 17.2. The van der Waals surface area contributed by atoms with Gasteiger partial charge in [-0.05, 0) is 22.9 Å². The molecule has 0 fully saturated rings. The highest BCUT2D eigenvalue weighted by atomic mass is 79.9. The molecule has 0 atom stereocenters. The highest BCUT2D eigenvalue weighted by molar-refractivity contribution is 9.10. The van der Waals surface area contributed by atoms with Crippen molar-refractivity contribution in [3.63, 3.8) is 0 Å². The maximum Gasteiger partial charge on any atom is 0.273 e. The predicted molar refractivity (Wildman–Crippen MR) is 89.1 cm³/mol. The van der Waals surface area contributed by atoms with Crippen LogP contribution in [0.4, 0.5) is 5.69 Å². The lowest BCUT2D eigenvalue weighted by Crippen LogP contribution is -2.26. The largest absolute Gasteiger partial charge is 0.343 e. The van der Waals surface area contributed by atoms with Gasteiger partial charge in [0.2, 0.25) is 5.91 Å². The highest BCUT2D eigenvalue weighted by Gasteiger charge is 2.20. The van der Waals surface area contributed by atoms with E-state index in [9.17, 15) is 9.59 Å². The Bertz CT molecular complexity index is 706. The number of aromatic nitrogens is 4. The number of carbonyl (C=O) groups excluding carboxylic acids is 2. The van der Waals surface area contributed by atoms with Crippen molar-refractivity contribution in [3.05, 3.63) is 28.8 Å². The van der Waals surface area contributed by atoms with E-state index in [1.807, 2.05) is 6.92 Å². The number of nitrogens with zero attached hydrogens (tertiary/aromatic N) is 5. The summed E-state index contributed by atoms with van der Waals surface area (Å²) < 4.78 is 4.11. The van der Waals surface area contributed by atoms with E-state index in [1.165, 1.54) is 11.1 Å². The van der Waals surface area contributed by atoms with Crippen LogP contribution in [0, 0.1) is 0 Å². The molecule has 9 heteroatoms. The Labute approximate surface area is 142 Å². The molecule has 1 N–H and O–H groups in total. The van der Waals surface area contributed by atoms with E-state index in [4.69, 9.17) is 0 Å². The average Bonchev–Trinajstić information content (AvgIpc) is 3.10. The Kier molecular flexibility index (Phi) is 5.54. The fraction of sp³-hybridized carbons (Fsp3) is 0.429. The third kappa shape index (κ3) is 4.19. The standard InChI is InChI=1S/C14H19BrN6O2/c1-4-21-13(14(23)19(2)3)11(8-17-21)18-12(22)5-6-20-9-10(15)7-16-20/h7-9H,4-6H2,1-3H3,(H,18,22). The summed E-state index contributed by atoms with van der Waals surface area (Å²) in [6.07, 6.45) is 5.21. The first-order valence-electron chi connectivity index (χ1n) is 7.17. The molecule has 0 unspecified atom stereocenters.